The molecule has 0 amide bonds. The second-order valence-corrected chi connectivity index (χ2v) is 7.08. The molecule has 0 atom stereocenters. The highest BCUT2D eigenvalue weighted by Gasteiger charge is 2.12. The summed E-state index contributed by atoms with van der Waals surface area (Å²) in [6.45, 7) is 3.78. The molecule has 0 unspecified atom stereocenters. The van der Waals surface area contributed by atoms with Crippen molar-refractivity contribution in [3.8, 4) is 17.1 Å². The number of para-hydroxylation sites is 1. The average molecular weight is 406 g/mol. The van der Waals surface area contributed by atoms with Gasteiger partial charge in [0.25, 0.3) is 5.89 Å². The Kier molecular flexibility index (Phi) is 5.35. The Balaban J connectivity index is 1.41. The topological polar surface area (TPSA) is 83.0 Å². The predicted molar refractivity (Wildman–Crippen MR) is 109 cm³/mol. The minimum Gasteiger partial charge on any atom is -0.452 e. The van der Waals surface area contributed by atoms with Gasteiger partial charge in [-0.2, -0.15) is 21.4 Å². The van der Waals surface area contributed by atoms with Gasteiger partial charge in [-0.25, -0.2) is 9.48 Å². The van der Waals surface area contributed by atoms with E-state index >= 15 is 0 Å². The number of esters is 1. The highest BCUT2D eigenvalue weighted by atomic mass is 32.1. The molecular formula is C21H18N4O3S. The van der Waals surface area contributed by atoms with Crippen molar-refractivity contribution in [2.45, 2.75) is 20.5 Å². The molecule has 0 aliphatic carbocycles. The molecule has 8 heteroatoms. The Morgan fingerprint density at radius 1 is 1.24 bits per heavy atom. The number of aromatic nitrogens is 4. The van der Waals surface area contributed by atoms with Crippen LogP contribution >= 0.6 is 11.3 Å². The lowest BCUT2D eigenvalue weighted by Crippen LogP contribution is -2.01. The number of nitrogens with zero attached hydrogens (tertiary/aromatic N) is 4. The van der Waals surface area contributed by atoms with E-state index in [0.29, 0.717) is 5.82 Å². The summed E-state index contributed by atoms with van der Waals surface area (Å²) >= 11 is 1.55. The maximum atomic E-state index is 12.1. The predicted octanol–water partition coefficient (Wildman–Crippen LogP) is 4.36. The zero-order valence-electron chi connectivity index (χ0n) is 15.9. The van der Waals surface area contributed by atoms with E-state index in [0.717, 1.165) is 28.2 Å². The minimum atomic E-state index is -0.494. The van der Waals surface area contributed by atoms with Crippen molar-refractivity contribution in [2.75, 3.05) is 0 Å². The maximum Gasteiger partial charge on any atom is 0.331 e. The molecule has 0 bridgehead atoms. The molecule has 7 nitrogen and oxygen atoms in total. The van der Waals surface area contributed by atoms with E-state index in [1.807, 2.05) is 65.7 Å². The van der Waals surface area contributed by atoms with Crippen molar-refractivity contribution in [3.05, 3.63) is 76.1 Å². The smallest absolute Gasteiger partial charge is 0.331 e. The third-order valence-corrected chi connectivity index (χ3v) is 5.00. The molecule has 3 heterocycles. The van der Waals surface area contributed by atoms with Crippen LogP contribution in [0.1, 0.15) is 22.8 Å². The number of rotatable bonds is 6. The molecule has 0 aliphatic rings. The van der Waals surface area contributed by atoms with Crippen molar-refractivity contribution >= 4 is 23.4 Å². The Morgan fingerprint density at radius 2 is 2.07 bits per heavy atom. The lowest BCUT2D eigenvalue weighted by atomic mass is 10.2. The SMILES string of the molecule is Cc1nn(-c2ccccc2)c(C)c1/C=C/C(=O)OCc1nc(-c2ccsc2)no1. The quantitative estimate of drug-likeness (QED) is 0.350. The summed E-state index contributed by atoms with van der Waals surface area (Å²) in [5.41, 5.74) is 4.48. The molecule has 0 saturated carbocycles. The molecule has 0 N–H and O–H groups in total. The summed E-state index contributed by atoms with van der Waals surface area (Å²) < 4.78 is 12.2. The fourth-order valence-electron chi connectivity index (χ4n) is 2.87. The third-order valence-electron chi connectivity index (χ3n) is 4.32. The van der Waals surface area contributed by atoms with Crippen molar-refractivity contribution in [2.24, 2.45) is 0 Å². The van der Waals surface area contributed by atoms with E-state index in [-0.39, 0.29) is 12.5 Å². The van der Waals surface area contributed by atoms with Gasteiger partial charge >= 0.3 is 5.97 Å². The van der Waals surface area contributed by atoms with E-state index in [1.54, 1.807) is 17.4 Å². The first-order valence-corrected chi connectivity index (χ1v) is 9.88. The number of benzene rings is 1. The number of ether oxygens (including phenoxy) is 1. The number of aryl methyl sites for hydroxylation is 1. The molecule has 0 fully saturated rings. The molecule has 0 radical (unpaired) electrons. The van der Waals surface area contributed by atoms with Crippen LogP contribution in [0.4, 0.5) is 0 Å². The Labute approximate surface area is 171 Å². The van der Waals surface area contributed by atoms with Gasteiger partial charge in [0.2, 0.25) is 5.82 Å². The number of hydrogen-bond donors (Lipinski definition) is 0. The zero-order chi connectivity index (χ0) is 20.2. The molecule has 0 spiro atoms. The number of carbonyl (C=O) groups is 1. The normalized spacial score (nSPS) is 11.2. The van der Waals surface area contributed by atoms with Crippen molar-refractivity contribution < 1.29 is 14.1 Å². The monoisotopic (exact) mass is 406 g/mol. The van der Waals surface area contributed by atoms with Gasteiger partial charge in [0.15, 0.2) is 6.61 Å². The van der Waals surface area contributed by atoms with Crippen LogP contribution in [0.25, 0.3) is 23.2 Å². The summed E-state index contributed by atoms with van der Waals surface area (Å²) in [7, 11) is 0. The first kappa shape index (κ1) is 18.8. The van der Waals surface area contributed by atoms with Crippen LogP contribution in [0, 0.1) is 13.8 Å². The van der Waals surface area contributed by atoms with Crippen LogP contribution < -0.4 is 0 Å². The highest BCUT2D eigenvalue weighted by Crippen LogP contribution is 2.20. The molecule has 146 valence electrons. The van der Waals surface area contributed by atoms with Crippen LogP contribution in [0.5, 0.6) is 0 Å². The van der Waals surface area contributed by atoms with E-state index in [4.69, 9.17) is 9.26 Å². The third kappa shape index (κ3) is 4.17. The number of hydrogen-bond acceptors (Lipinski definition) is 7. The van der Waals surface area contributed by atoms with Crippen LogP contribution in [0.2, 0.25) is 0 Å². The molecule has 0 aliphatic heterocycles. The van der Waals surface area contributed by atoms with Crippen LogP contribution in [-0.2, 0) is 16.1 Å². The van der Waals surface area contributed by atoms with E-state index in [9.17, 15) is 4.79 Å². The summed E-state index contributed by atoms with van der Waals surface area (Å²) in [5, 5.41) is 12.3. The van der Waals surface area contributed by atoms with Crippen LogP contribution in [0.3, 0.4) is 0 Å². The number of thiophene rings is 1. The van der Waals surface area contributed by atoms with Gasteiger partial charge < -0.3 is 9.26 Å². The first-order valence-electron chi connectivity index (χ1n) is 8.93. The van der Waals surface area contributed by atoms with Crippen molar-refractivity contribution in [3.63, 3.8) is 0 Å². The largest absolute Gasteiger partial charge is 0.452 e. The van der Waals surface area contributed by atoms with E-state index in [1.165, 1.54) is 6.08 Å². The van der Waals surface area contributed by atoms with Gasteiger partial charge in [0.05, 0.1) is 11.4 Å². The molecular weight excluding hydrogens is 388 g/mol. The van der Waals surface area contributed by atoms with Gasteiger partial charge in [0.1, 0.15) is 0 Å². The van der Waals surface area contributed by atoms with Crippen LogP contribution in [-0.4, -0.2) is 25.9 Å². The molecule has 4 rings (SSSR count). The fraction of sp³-hybridized carbons (Fsp3) is 0.143. The van der Waals surface area contributed by atoms with Gasteiger partial charge in [0, 0.05) is 28.3 Å². The van der Waals surface area contributed by atoms with Gasteiger partial charge in [-0.05, 0) is 43.5 Å². The van der Waals surface area contributed by atoms with Crippen LogP contribution in [0.15, 0.2) is 57.8 Å². The molecule has 4 aromatic rings. The fourth-order valence-corrected chi connectivity index (χ4v) is 3.51. The van der Waals surface area contributed by atoms with E-state index < -0.39 is 5.97 Å². The standard InChI is InChI=1S/C21H18N4O3S/c1-14-18(15(2)25(23-14)17-6-4-3-5-7-17)8-9-20(26)27-12-19-22-21(24-28-19)16-10-11-29-13-16/h3-11,13H,12H2,1-2H3/b9-8+. The molecule has 0 saturated heterocycles. The van der Waals surface area contributed by atoms with Gasteiger partial charge in [-0.1, -0.05) is 23.4 Å². The molecule has 1 aromatic carbocycles. The summed E-state index contributed by atoms with van der Waals surface area (Å²) in [4.78, 5) is 16.3. The minimum absolute atomic E-state index is 0.0818. The number of carbonyl (C=O) groups excluding carboxylic acids is 1. The Hall–Kier alpha value is -3.52. The summed E-state index contributed by atoms with van der Waals surface area (Å²) in [5.74, 6) is 0.233. The van der Waals surface area contributed by atoms with Gasteiger partial charge in [-0.3, -0.25) is 0 Å². The lowest BCUT2D eigenvalue weighted by molar-refractivity contribution is -0.139. The second-order valence-electron chi connectivity index (χ2n) is 6.30. The Bertz CT molecular complexity index is 1140. The second kappa shape index (κ2) is 8.24. The zero-order valence-corrected chi connectivity index (χ0v) is 16.7. The summed E-state index contributed by atoms with van der Waals surface area (Å²) in [6, 6.07) is 11.7. The summed E-state index contributed by atoms with van der Waals surface area (Å²) in [6.07, 6.45) is 3.09. The maximum absolute atomic E-state index is 12.1. The molecule has 29 heavy (non-hydrogen) atoms. The highest BCUT2D eigenvalue weighted by molar-refractivity contribution is 7.08. The van der Waals surface area contributed by atoms with Crippen molar-refractivity contribution in [1.29, 1.82) is 0 Å². The van der Waals surface area contributed by atoms with E-state index in [2.05, 4.69) is 15.2 Å². The molecule has 3 aromatic heterocycles. The van der Waals surface area contributed by atoms with Crippen molar-refractivity contribution in [1.82, 2.24) is 19.9 Å². The lowest BCUT2D eigenvalue weighted by Gasteiger charge is -2.03. The van der Waals surface area contributed by atoms with Gasteiger partial charge in [-0.15, -0.1) is 0 Å². The first-order chi connectivity index (χ1) is 14.1. The Morgan fingerprint density at radius 3 is 2.83 bits per heavy atom. The average Bonchev–Trinajstić information content (AvgIpc) is 3.47.